The Hall–Kier alpha value is -3.34. The van der Waals surface area contributed by atoms with Crippen LogP contribution in [0.1, 0.15) is 0 Å². The van der Waals surface area contributed by atoms with Gasteiger partial charge in [0.15, 0.2) is 11.0 Å². The number of fused-ring (bicyclic) bond motifs is 1. The molecule has 36 heavy (non-hydrogen) atoms. The molecule has 0 radical (unpaired) electrons. The molecule has 2 N–H and O–H groups in total. The van der Waals surface area contributed by atoms with Gasteiger partial charge in [0.2, 0.25) is 5.91 Å². The lowest BCUT2D eigenvalue weighted by Gasteiger charge is -2.34. The molecule has 0 unspecified atom stereocenters. The average Bonchev–Trinajstić information content (AvgIpc) is 3.28. The van der Waals surface area contributed by atoms with Crippen LogP contribution in [-0.2, 0) is 14.8 Å². The van der Waals surface area contributed by atoms with Crippen LogP contribution < -0.4 is 14.2 Å². The Morgan fingerprint density at radius 1 is 0.944 bits per heavy atom. The average molecular weight is 523 g/mol. The fourth-order valence-electron chi connectivity index (χ4n) is 4.21. The molecule has 1 saturated heterocycles. The molecule has 0 aliphatic carbocycles. The van der Waals surface area contributed by atoms with Crippen molar-refractivity contribution in [3.8, 4) is 0 Å². The molecule has 5 rings (SSSR count). The molecule has 8 nitrogen and oxygen atoms in total. The van der Waals surface area contributed by atoms with Crippen LogP contribution >= 0.6 is 11.8 Å². The number of thioether (sulfide) groups is 1. The van der Waals surface area contributed by atoms with Crippen LogP contribution in [0.2, 0.25) is 0 Å². The number of nitrogens with zero attached hydrogens (tertiary/aromatic N) is 3. The van der Waals surface area contributed by atoms with Crippen LogP contribution in [-0.4, -0.2) is 63.2 Å². The van der Waals surface area contributed by atoms with Gasteiger partial charge >= 0.3 is 15.2 Å². The number of nitrogens with one attached hydrogen (secondary N) is 2. The van der Waals surface area contributed by atoms with Crippen molar-refractivity contribution in [2.24, 2.45) is 0 Å². The van der Waals surface area contributed by atoms with Gasteiger partial charge < -0.3 is 15.1 Å². The fraction of sp³-hybridized carbons (Fsp3) is 0.231. The molecule has 3 aromatic carbocycles. The van der Waals surface area contributed by atoms with Crippen LogP contribution in [0.25, 0.3) is 11.0 Å². The largest absolute Gasteiger partial charge is 0.369 e. The summed E-state index contributed by atoms with van der Waals surface area (Å²) in [5.41, 5.74) is 3.06. The minimum atomic E-state index is -3.85. The predicted octanol–water partition coefficient (Wildman–Crippen LogP) is 3.18. The molecule has 1 aliphatic rings. The van der Waals surface area contributed by atoms with Crippen molar-refractivity contribution in [3.05, 3.63) is 78.9 Å². The molecular formula is C26H28N5O3S2+. The molecule has 2 heterocycles. The van der Waals surface area contributed by atoms with E-state index in [4.69, 9.17) is 0 Å². The first kappa shape index (κ1) is 24.4. The molecule has 0 bridgehead atoms. The number of rotatable bonds is 7. The van der Waals surface area contributed by atoms with E-state index < -0.39 is 10.0 Å². The number of aromatic nitrogens is 2. The minimum absolute atomic E-state index is 0.0529. The first-order valence-corrected chi connectivity index (χ1v) is 14.1. The number of H-pyrrole nitrogens is 1. The second kappa shape index (κ2) is 10.3. The number of amides is 1. The highest BCUT2D eigenvalue weighted by atomic mass is 32.2. The van der Waals surface area contributed by atoms with Crippen molar-refractivity contribution in [1.29, 1.82) is 0 Å². The van der Waals surface area contributed by atoms with E-state index >= 15 is 0 Å². The van der Waals surface area contributed by atoms with Crippen molar-refractivity contribution in [2.45, 2.75) is 10.1 Å². The molecule has 10 heteroatoms. The van der Waals surface area contributed by atoms with Crippen LogP contribution in [0.5, 0.6) is 0 Å². The van der Waals surface area contributed by atoms with E-state index in [1.165, 1.54) is 3.97 Å². The SMILES string of the molecule is CN1CCN(c2ccc(NC(=O)CSc3[nH]c4ccccc4[n+]3S(=O)(=O)c3ccccc3)cc2)CC1. The van der Waals surface area contributed by atoms with E-state index in [1.807, 2.05) is 36.4 Å². The lowest BCUT2D eigenvalue weighted by Crippen LogP contribution is -2.44. The summed E-state index contributed by atoms with van der Waals surface area (Å²) in [7, 11) is -1.73. The Bertz CT molecular complexity index is 1460. The second-order valence-electron chi connectivity index (χ2n) is 8.70. The minimum Gasteiger partial charge on any atom is -0.369 e. The summed E-state index contributed by atoms with van der Waals surface area (Å²) in [5.74, 6) is -0.160. The van der Waals surface area contributed by atoms with Gasteiger partial charge in [-0.2, -0.15) is 8.42 Å². The maximum atomic E-state index is 13.5. The number of carbonyl (C=O) groups excluding carboxylic acids is 1. The Labute approximate surface area is 215 Å². The summed E-state index contributed by atoms with van der Waals surface area (Å²) in [4.78, 5) is 20.7. The summed E-state index contributed by atoms with van der Waals surface area (Å²) in [6.45, 7) is 4.03. The number of anilines is 2. The molecule has 0 atom stereocenters. The topological polar surface area (TPSA) is 89.4 Å². The number of benzene rings is 3. The maximum absolute atomic E-state index is 13.5. The molecule has 0 saturated carbocycles. The lowest BCUT2D eigenvalue weighted by molar-refractivity contribution is -0.526. The fourth-order valence-corrected chi connectivity index (χ4v) is 6.80. The normalized spacial score (nSPS) is 14.8. The molecule has 1 fully saturated rings. The van der Waals surface area contributed by atoms with Gasteiger partial charge in [-0.25, -0.2) is 4.98 Å². The van der Waals surface area contributed by atoms with E-state index in [9.17, 15) is 13.2 Å². The van der Waals surface area contributed by atoms with E-state index in [0.717, 1.165) is 43.6 Å². The highest BCUT2D eigenvalue weighted by Gasteiger charge is 2.31. The number of piperazine rings is 1. The van der Waals surface area contributed by atoms with Gasteiger partial charge in [0.05, 0.1) is 5.75 Å². The third kappa shape index (κ3) is 5.11. The number of likely N-dealkylation sites (N-methyl/N-ethyl adjacent to an activating group) is 1. The van der Waals surface area contributed by atoms with Gasteiger partial charge in [-0.3, -0.25) is 4.79 Å². The summed E-state index contributed by atoms with van der Waals surface area (Å²) in [5, 5.41) is 3.29. The van der Waals surface area contributed by atoms with Gasteiger partial charge in [0.25, 0.3) is 0 Å². The summed E-state index contributed by atoms with van der Waals surface area (Å²) < 4.78 is 28.2. The zero-order chi connectivity index (χ0) is 25.1. The van der Waals surface area contributed by atoms with E-state index in [2.05, 4.69) is 27.1 Å². The molecular weight excluding hydrogens is 494 g/mol. The van der Waals surface area contributed by atoms with E-state index in [-0.39, 0.29) is 16.6 Å². The standard InChI is InChI=1S/C26H27N5O3S2/c1-29-15-17-30(18-16-29)21-13-11-20(12-14-21)27-25(32)19-35-26-28-23-9-5-6-10-24(23)31(26)36(33,34)22-7-3-2-4-8-22/h2-14H,15-19H2,1H3,(H,27,32)/p+1. The van der Waals surface area contributed by atoms with Gasteiger partial charge in [-0.1, -0.05) is 30.3 Å². The van der Waals surface area contributed by atoms with Gasteiger partial charge in [-0.15, -0.1) is 3.97 Å². The van der Waals surface area contributed by atoms with E-state index in [0.29, 0.717) is 21.9 Å². The van der Waals surface area contributed by atoms with Crippen molar-refractivity contribution >= 4 is 50.1 Å². The van der Waals surface area contributed by atoms with Crippen LogP contribution in [0, 0.1) is 0 Å². The molecule has 1 aromatic heterocycles. The molecule has 1 amide bonds. The van der Waals surface area contributed by atoms with Crippen LogP contribution in [0.15, 0.2) is 88.9 Å². The zero-order valence-electron chi connectivity index (χ0n) is 19.9. The van der Waals surface area contributed by atoms with Gasteiger partial charge in [0, 0.05) is 37.6 Å². The number of para-hydroxylation sites is 2. The Morgan fingerprint density at radius 2 is 1.61 bits per heavy atom. The Balaban J connectivity index is 1.30. The first-order chi connectivity index (χ1) is 17.4. The highest BCUT2D eigenvalue weighted by Crippen LogP contribution is 2.23. The molecule has 1 aliphatic heterocycles. The number of hydrogen-bond donors (Lipinski definition) is 2. The number of imidazole rings is 1. The van der Waals surface area contributed by atoms with Crippen LogP contribution in [0.4, 0.5) is 11.4 Å². The molecule has 4 aromatic rings. The van der Waals surface area contributed by atoms with Crippen molar-refractivity contribution in [3.63, 3.8) is 0 Å². The third-order valence-electron chi connectivity index (χ3n) is 6.19. The summed E-state index contributed by atoms with van der Waals surface area (Å²) >= 11 is 1.15. The number of carbonyl (C=O) groups is 1. The first-order valence-electron chi connectivity index (χ1n) is 11.7. The van der Waals surface area contributed by atoms with Crippen molar-refractivity contribution in [1.82, 2.24) is 9.88 Å². The van der Waals surface area contributed by atoms with Gasteiger partial charge in [-0.05, 0) is 67.3 Å². The Morgan fingerprint density at radius 3 is 2.33 bits per heavy atom. The maximum Gasteiger partial charge on any atom is 0.336 e. The number of aromatic amines is 1. The monoisotopic (exact) mass is 522 g/mol. The molecule has 0 spiro atoms. The quantitative estimate of drug-likeness (QED) is 0.286. The third-order valence-corrected chi connectivity index (χ3v) is 9.00. The van der Waals surface area contributed by atoms with Gasteiger partial charge in [0.1, 0.15) is 4.90 Å². The summed E-state index contributed by atoms with van der Waals surface area (Å²) in [6, 6.07) is 23.3. The Kier molecular flexibility index (Phi) is 6.99. The van der Waals surface area contributed by atoms with Crippen LogP contribution in [0.3, 0.4) is 0 Å². The lowest BCUT2D eigenvalue weighted by atomic mass is 10.2. The van der Waals surface area contributed by atoms with Crippen molar-refractivity contribution in [2.75, 3.05) is 49.2 Å². The van der Waals surface area contributed by atoms with E-state index in [1.54, 1.807) is 42.5 Å². The van der Waals surface area contributed by atoms with Crippen molar-refractivity contribution < 1.29 is 17.2 Å². The second-order valence-corrected chi connectivity index (χ2v) is 11.5. The predicted molar refractivity (Wildman–Crippen MR) is 143 cm³/mol. The molecule has 186 valence electrons. The highest BCUT2D eigenvalue weighted by molar-refractivity contribution is 8.00. The smallest absolute Gasteiger partial charge is 0.336 e. The number of hydrogen-bond acceptors (Lipinski definition) is 6. The summed E-state index contributed by atoms with van der Waals surface area (Å²) in [6.07, 6.45) is 0. The zero-order valence-corrected chi connectivity index (χ0v) is 21.6.